The molecule has 1 N–H and O–H groups in total. The lowest BCUT2D eigenvalue weighted by Crippen LogP contribution is -2.35. The molecule has 0 heterocycles. The van der Waals surface area contributed by atoms with E-state index in [9.17, 15) is 4.79 Å². The predicted octanol–water partition coefficient (Wildman–Crippen LogP) is 2.07. The van der Waals surface area contributed by atoms with Gasteiger partial charge in [0, 0.05) is 12.7 Å². The maximum atomic E-state index is 11.3. The van der Waals surface area contributed by atoms with Crippen LogP contribution in [-0.4, -0.2) is 26.0 Å². The molecule has 6 heteroatoms. The Morgan fingerprint density at radius 1 is 1.47 bits per heavy atom. The van der Waals surface area contributed by atoms with Crippen molar-refractivity contribution in [1.29, 1.82) is 5.26 Å². The summed E-state index contributed by atoms with van der Waals surface area (Å²) < 4.78 is 0. The molecule has 0 aliphatic rings. The lowest BCUT2D eigenvalue weighted by Gasteiger charge is -2.21. The number of benzene rings is 1. The van der Waals surface area contributed by atoms with Crippen molar-refractivity contribution in [3.8, 4) is 6.07 Å². The van der Waals surface area contributed by atoms with Crippen molar-refractivity contribution < 1.29 is 4.79 Å². The average molecular weight is 272 g/mol. The zero-order valence-corrected chi connectivity index (χ0v) is 10.7. The Morgan fingerprint density at radius 3 is 2.71 bits per heavy atom. The molecule has 1 aromatic carbocycles. The number of nitrogens with one attached hydrogen (secondary N) is 1. The highest BCUT2D eigenvalue weighted by Gasteiger charge is 2.11. The number of nitrogens with zero attached hydrogens (tertiary/aromatic N) is 2. The fraction of sp³-hybridized carbons (Fsp3) is 0.273. The zero-order chi connectivity index (χ0) is 12.8. The first-order valence-corrected chi connectivity index (χ1v) is 5.61. The van der Waals surface area contributed by atoms with E-state index in [1.54, 1.807) is 30.1 Å². The summed E-state index contributed by atoms with van der Waals surface area (Å²) in [5.74, 6) is -0.175. The first-order chi connectivity index (χ1) is 8.08. The predicted molar refractivity (Wildman–Crippen MR) is 68.4 cm³/mol. The van der Waals surface area contributed by atoms with E-state index in [1.165, 1.54) is 0 Å². The first-order valence-electron chi connectivity index (χ1n) is 4.86. The minimum absolute atomic E-state index is 0.0992. The summed E-state index contributed by atoms with van der Waals surface area (Å²) in [5.41, 5.74) is 0.685. The van der Waals surface area contributed by atoms with E-state index < -0.39 is 0 Å². The molecule has 0 unspecified atom stereocenters. The molecule has 0 fully saturated rings. The highest BCUT2D eigenvalue weighted by molar-refractivity contribution is 6.42. The van der Waals surface area contributed by atoms with E-state index in [0.717, 1.165) is 0 Å². The fourth-order valence-corrected chi connectivity index (χ4v) is 1.55. The van der Waals surface area contributed by atoms with Gasteiger partial charge in [0.05, 0.1) is 22.7 Å². The number of hydrogen-bond donors (Lipinski definition) is 1. The zero-order valence-electron chi connectivity index (χ0n) is 9.20. The van der Waals surface area contributed by atoms with Crippen LogP contribution in [0.15, 0.2) is 18.2 Å². The van der Waals surface area contributed by atoms with Crippen molar-refractivity contribution in [1.82, 2.24) is 5.32 Å². The van der Waals surface area contributed by atoms with Gasteiger partial charge in [-0.2, -0.15) is 5.26 Å². The van der Waals surface area contributed by atoms with Crippen LogP contribution < -0.4 is 10.2 Å². The number of amides is 1. The highest BCUT2D eigenvalue weighted by atomic mass is 35.5. The standard InChI is InChI=1S/C11H11Cl2N3O/c1-15-11(17)7-16(5-4-14)8-2-3-9(12)10(13)6-8/h2-3,6H,5,7H2,1H3,(H,15,17). The van der Waals surface area contributed by atoms with Crippen molar-refractivity contribution >= 4 is 34.8 Å². The summed E-state index contributed by atoms with van der Waals surface area (Å²) in [6, 6.07) is 6.98. The molecule has 0 spiro atoms. The molecule has 0 bridgehead atoms. The highest BCUT2D eigenvalue weighted by Crippen LogP contribution is 2.26. The molecular weight excluding hydrogens is 261 g/mol. The minimum Gasteiger partial charge on any atom is -0.358 e. The van der Waals surface area contributed by atoms with Crippen molar-refractivity contribution in [2.45, 2.75) is 0 Å². The Balaban J connectivity index is 2.93. The molecule has 0 aliphatic heterocycles. The topological polar surface area (TPSA) is 56.1 Å². The number of carbonyl (C=O) groups is 1. The normalized spacial score (nSPS) is 9.53. The van der Waals surface area contributed by atoms with Gasteiger partial charge in [0.2, 0.25) is 5.91 Å². The summed E-state index contributed by atoms with van der Waals surface area (Å²) in [7, 11) is 1.54. The maximum Gasteiger partial charge on any atom is 0.239 e. The number of carbonyl (C=O) groups excluding carboxylic acids is 1. The third-order valence-electron chi connectivity index (χ3n) is 2.14. The van der Waals surface area contributed by atoms with Crippen LogP contribution in [0.4, 0.5) is 5.69 Å². The Hall–Kier alpha value is -1.44. The Kier molecular flexibility index (Phi) is 5.08. The second-order valence-corrected chi connectivity index (χ2v) is 4.10. The molecular formula is C11H11Cl2N3O. The number of nitriles is 1. The lowest BCUT2D eigenvalue weighted by molar-refractivity contribution is -0.119. The van der Waals surface area contributed by atoms with E-state index in [1.807, 2.05) is 6.07 Å². The number of halogens is 2. The second kappa shape index (κ2) is 6.33. The van der Waals surface area contributed by atoms with E-state index in [0.29, 0.717) is 15.7 Å². The van der Waals surface area contributed by atoms with Gasteiger partial charge in [-0.3, -0.25) is 4.79 Å². The third-order valence-corrected chi connectivity index (χ3v) is 2.88. The number of likely N-dealkylation sites (N-methyl/N-ethyl adjacent to an activating group) is 1. The lowest BCUT2D eigenvalue weighted by atomic mass is 10.3. The van der Waals surface area contributed by atoms with Gasteiger partial charge in [0.15, 0.2) is 0 Å². The third kappa shape index (κ3) is 3.81. The van der Waals surface area contributed by atoms with Gasteiger partial charge < -0.3 is 10.2 Å². The van der Waals surface area contributed by atoms with E-state index >= 15 is 0 Å². The van der Waals surface area contributed by atoms with Gasteiger partial charge in [0.1, 0.15) is 6.54 Å². The van der Waals surface area contributed by atoms with Crippen LogP contribution in [0.2, 0.25) is 10.0 Å². The maximum absolute atomic E-state index is 11.3. The molecule has 0 saturated carbocycles. The molecule has 1 rings (SSSR count). The molecule has 90 valence electrons. The van der Waals surface area contributed by atoms with Crippen molar-refractivity contribution in [2.24, 2.45) is 0 Å². The van der Waals surface area contributed by atoms with Crippen LogP contribution >= 0.6 is 23.2 Å². The van der Waals surface area contributed by atoms with Crippen LogP contribution in [0, 0.1) is 11.3 Å². The van der Waals surface area contributed by atoms with E-state index in [-0.39, 0.29) is 19.0 Å². The monoisotopic (exact) mass is 271 g/mol. The van der Waals surface area contributed by atoms with Crippen LogP contribution in [0.1, 0.15) is 0 Å². The van der Waals surface area contributed by atoms with Crippen molar-refractivity contribution in [2.75, 3.05) is 25.0 Å². The fourth-order valence-electron chi connectivity index (χ4n) is 1.26. The first kappa shape index (κ1) is 13.6. The van der Waals surface area contributed by atoms with Gasteiger partial charge >= 0.3 is 0 Å². The van der Waals surface area contributed by atoms with Crippen molar-refractivity contribution in [3.63, 3.8) is 0 Å². The minimum atomic E-state index is -0.175. The SMILES string of the molecule is CNC(=O)CN(CC#N)c1ccc(Cl)c(Cl)c1. The molecule has 1 aromatic rings. The molecule has 4 nitrogen and oxygen atoms in total. The molecule has 0 atom stereocenters. The largest absolute Gasteiger partial charge is 0.358 e. The Labute approximate surface area is 110 Å². The van der Waals surface area contributed by atoms with Gasteiger partial charge in [-0.1, -0.05) is 23.2 Å². The molecule has 17 heavy (non-hydrogen) atoms. The summed E-state index contributed by atoms with van der Waals surface area (Å²) in [6.07, 6.45) is 0. The van der Waals surface area contributed by atoms with Crippen LogP contribution in [0.5, 0.6) is 0 Å². The number of hydrogen-bond acceptors (Lipinski definition) is 3. The van der Waals surface area contributed by atoms with Crippen LogP contribution in [0.3, 0.4) is 0 Å². The molecule has 0 aliphatic carbocycles. The quantitative estimate of drug-likeness (QED) is 0.853. The van der Waals surface area contributed by atoms with Gasteiger partial charge in [-0.25, -0.2) is 0 Å². The second-order valence-electron chi connectivity index (χ2n) is 3.29. The molecule has 0 aromatic heterocycles. The van der Waals surface area contributed by atoms with E-state index in [4.69, 9.17) is 28.5 Å². The van der Waals surface area contributed by atoms with Crippen LogP contribution in [0.25, 0.3) is 0 Å². The van der Waals surface area contributed by atoms with Gasteiger partial charge in [-0.05, 0) is 18.2 Å². The van der Waals surface area contributed by atoms with Gasteiger partial charge in [-0.15, -0.1) is 0 Å². The smallest absolute Gasteiger partial charge is 0.239 e. The molecule has 0 saturated heterocycles. The van der Waals surface area contributed by atoms with E-state index in [2.05, 4.69) is 5.32 Å². The summed E-state index contributed by atoms with van der Waals surface area (Å²) in [5, 5.41) is 12.1. The van der Waals surface area contributed by atoms with Crippen LogP contribution in [-0.2, 0) is 4.79 Å². The Bertz CT molecular complexity index is 457. The van der Waals surface area contributed by atoms with Crippen molar-refractivity contribution in [3.05, 3.63) is 28.2 Å². The Morgan fingerprint density at radius 2 is 2.18 bits per heavy atom. The summed E-state index contributed by atoms with van der Waals surface area (Å²) in [6.45, 7) is 0.202. The van der Waals surface area contributed by atoms with Gasteiger partial charge in [0.25, 0.3) is 0 Å². The summed E-state index contributed by atoms with van der Waals surface area (Å²) in [4.78, 5) is 12.9. The average Bonchev–Trinajstić information content (AvgIpc) is 2.32. The molecule has 1 amide bonds. The summed E-state index contributed by atoms with van der Waals surface area (Å²) >= 11 is 11.7. The number of rotatable bonds is 4. The molecule has 0 radical (unpaired) electrons. The number of anilines is 1.